The third-order valence-electron chi connectivity index (χ3n) is 3.77. The van der Waals surface area contributed by atoms with Crippen LogP contribution in [-0.4, -0.2) is 39.6 Å². The van der Waals surface area contributed by atoms with Crippen LogP contribution in [0, 0.1) is 13.8 Å². The smallest absolute Gasteiger partial charge is 0.257 e. The molecule has 1 aliphatic rings. The van der Waals surface area contributed by atoms with E-state index in [-0.39, 0.29) is 17.1 Å². The molecule has 1 fully saturated rings. The molecule has 1 saturated heterocycles. The lowest BCUT2D eigenvalue weighted by atomic mass is 10.1. The highest BCUT2D eigenvalue weighted by molar-refractivity contribution is 6.32. The number of hydrogen-bond donors (Lipinski definition) is 1. The first-order valence-corrected chi connectivity index (χ1v) is 7.40. The predicted octanol–water partition coefficient (Wildman–Crippen LogP) is 2.73. The largest absolute Gasteiger partial charge is 0.393 e. The van der Waals surface area contributed by atoms with Gasteiger partial charge in [-0.15, -0.1) is 0 Å². The quantitative estimate of drug-likeness (QED) is 0.873. The minimum Gasteiger partial charge on any atom is -0.393 e. The first kappa shape index (κ1) is 15.3. The fraction of sp³-hybridized carbons (Fsp3) is 0.600. The van der Waals surface area contributed by atoms with Crippen molar-refractivity contribution in [2.75, 3.05) is 6.54 Å². The number of carbonyl (C=O) groups is 1. The molecule has 4 nitrogen and oxygen atoms in total. The lowest BCUT2D eigenvalue weighted by Gasteiger charge is -2.26. The summed E-state index contributed by atoms with van der Waals surface area (Å²) in [6, 6.07) is 1.97. The van der Waals surface area contributed by atoms with Crippen LogP contribution < -0.4 is 0 Å². The van der Waals surface area contributed by atoms with Gasteiger partial charge in [-0.25, -0.2) is 4.98 Å². The summed E-state index contributed by atoms with van der Waals surface area (Å²) in [5.41, 5.74) is 2.16. The van der Waals surface area contributed by atoms with Crippen molar-refractivity contribution in [1.82, 2.24) is 9.88 Å². The molecule has 0 radical (unpaired) electrons. The summed E-state index contributed by atoms with van der Waals surface area (Å²) in [6.07, 6.45) is 2.12. The van der Waals surface area contributed by atoms with Gasteiger partial charge in [0.1, 0.15) is 5.15 Å². The van der Waals surface area contributed by atoms with E-state index in [0.717, 1.165) is 30.6 Å². The van der Waals surface area contributed by atoms with Gasteiger partial charge >= 0.3 is 0 Å². The van der Waals surface area contributed by atoms with Crippen molar-refractivity contribution < 1.29 is 9.90 Å². The van der Waals surface area contributed by atoms with Crippen molar-refractivity contribution in [1.29, 1.82) is 0 Å². The molecule has 0 saturated carbocycles. The third-order valence-corrected chi connectivity index (χ3v) is 4.04. The van der Waals surface area contributed by atoms with Gasteiger partial charge in [-0.1, -0.05) is 11.6 Å². The minimum absolute atomic E-state index is 0.0665. The highest BCUT2D eigenvalue weighted by Crippen LogP contribution is 2.27. The van der Waals surface area contributed by atoms with Crippen LogP contribution in [0.4, 0.5) is 0 Å². The second-order valence-corrected chi connectivity index (χ2v) is 5.98. The van der Waals surface area contributed by atoms with Gasteiger partial charge in [0.25, 0.3) is 5.91 Å². The molecule has 1 aromatic rings. The van der Waals surface area contributed by atoms with Crippen LogP contribution in [0.15, 0.2) is 6.07 Å². The summed E-state index contributed by atoms with van der Waals surface area (Å²) < 4.78 is 0. The van der Waals surface area contributed by atoms with Crippen molar-refractivity contribution in [2.24, 2.45) is 0 Å². The zero-order valence-electron chi connectivity index (χ0n) is 12.2. The van der Waals surface area contributed by atoms with Crippen LogP contribution in [0.3, 0.4) is 0 Å². The van der Waals surface area contributed by atoms with Crippen LogP contribution in [0.25, 0.3) is 0 Å². The number of pyridine rings is 1. The van der Waals surface area contributed by atoms with Crippen LogP contribution in [-0.2, 0) is 0 Å². The Bertz CT molecular complexity index is 494. The summed E-state index contributed by atoms with van der Waals surface area (Å²) in [5.74, 6) is -0.0665. The Morgan fingerprint density at radius 3 is 2.90 bits per heavy atom. The van der Waals surface area contributed by atoms with E-state index in [1.165, 1.54) is 0 Å². The lowest BCUT2D eigenvalue weighted by Crippen LogP contribution is -2.37. The molecule has 2 unspecified atom stereocenters. The molecule has 1 N–H and O–H groups in total. The molecular formula is C15H21ClN2O2. The summed E-state index contributed by atoms with van der Waals surface area (Å²) in [5, 5.41) is 9.83. The van der Waals surface area contributed by atoms with E-state index in [1.807, 2.05) is 24.8 Å². The number of aromatic nitrogens is 1. The molecule has 0 aromatic carbocycles. The maximum absolute atomic E-state index is 12.7. The zero-order chi connectivity index (χ0) is 14.9. The van der Waals surface area contributed by atoms with Crippen molar-refractivity contribution in [2.45, 2.75) is 52.2 Å². The van der Waals surface area contributed by atoms with E-state index in [9.17, 15) is 9.90 Å². The predicted molar refractivity (Wildman–Crippen MR) is 79.1 cm³/mol. The third kappa shape index (κ3) is 3.13. The van der Waals surface area contributed by atoms with Gasteiger partial charge in [0.15, 0.2) is 0 Å². The molecule has 5 heteroatoms. The molecule has 0 bridgehead atoms. The Hall–Kier alpha value is -1.13. The number of amides is 1. The Morgan fingerprint density at radius 2 is 2.30 bits per heavy atom. The maximum Gasteiger partial charge on any atom is 0.257 e. The highest BCUT2D eigenvalue weighted by atomic mass is 35.5. The van der Waals surface area contributed by atoms with Crippen molar-refractivity contribution in [3.8, 4) is 0 Å². The number of aliphatic hydroxyl groups is 1. The van der Waals surface area contributed by atoms with Crippen LogP contribution in [0.5, 0.6) is 0 Å². The Kier molecular flexibility index (Phi) is 4.66. The van der Waals surface area contributed by atoms with Crippen LogP contribution >= 0.6 is 11.6 Å². The number of hydrogen-bond acceptors (Lipinski definition) is 3. The van der Waals surface area contributed by atoms with Crippen molar-refractivity contribution >= 4 is 17.5 Å². The van der Waals surface area contributed by atoms with Gasteiger partial charge in [0.2, 0.25) is 0 Å². The van der Waals surface area contributed by atoms with Crippen molar-refractivity contribution in [3.05, 3.63) is 28.0 Å². The van der Waals surface area contributed by atoms with E-state index in [0.29, 0.717) is 12.0 Å². The first-order valence-electron chi connectivity index (χ1n) is 7.03. The SMILES string of the molecule is Cc1cc(C)c(C(=O)N2CCCC2CC(C)O)c(Cl)n1. The van der Waals surface area contributed by atoms with E-state index in [4.69, 9.17) is 11.6 Å². The van der Waals surface area contributed by atoms with Crippen LogP contribution in [0.1, 0.15) is 47.8 Å². The Labute approximate surface area is 124 Å². The van der Waals surface area contributed by atoms with Gasteiger partial charge < -0.3 is 10.0 Å². The van der Waals surface area contributed by atoms with E-state index >= 15 is 0 Å². The monoisotopic (exact) mass is 296 g/mol. The summed E-state index contributed by atoms with van der Waals surface area (Å²) >= 11 is 6.15. The molecule has 2 heterocycles. The Balaban J connectivity index is 2.27. The number of nitrogens with zero attached hydrogens (tertiary/aromatic N) is 2. The second-order valence-electron chi connectivity index (χ2n) is 5.63. The number of rotatable bonds is 3. The average Bonchev–Trinajstić information content (AvgIpc) is 2.74. The van der Waals surface area contributed by atoms with Crippen molar-refractivity contribution in [3.63, 3.8) is 0 Å². The molecule has 0 spiro atoms. The fourth-order valence-electron chi connectivity index (χ4n) is 2.93. The average molecular weight is 297 g/mol. The fourth-order valence-corrected chi connectivity index (χ4v) is 3.30. The van der Waals surface area contributed by atoms with Gasteiger partial charge in [-0.05, 0) is 51.7 Å². The normalized spacial score (nSPS) is 20.2. The highest BCUT2D eigenvalue weighted by Gasteiger charge is 2.32. The second kappa shape index (κ2) is 6.10. The van der Waals surface area contributed by atoms with Gasteiger partial charge in [-0.2, -0.15) is 0 Å². The number of aliphatic hydroxyl groups excluding tert-OH is 1. The van der Waals surface area contributed by atoms with Crippen LogP contribution in [0.2, 0.25) is 5.15 Å². The summed E-state index contributed by atoms with van der Waals surface area (Å²) in [6.45, 7) is 6.22. The number of carbonyl (C=O) groups excluding carboxylic acids is 1. The topological polar surface area (TPSA) is 53.4 Å². The number of likely N-dealkylation sites (tertiary alicyclic amines) is 1. The molecule has 20 heavy (non-hydrogen) atoms. The van der Waals surface area contributed by atoms with E-state index in [1.54, 1.807) is 6.92 Å². The molecule has 0 aliphatic carbocycles. The number of aryl methyl sites for hydroxylation is 2. The van der Waals surface area contributed by atoms with Gasteiger partial charge in [-0.3, -0.25) is 4.79 Å². The molecular weight excluding hydrogens is 276 g/mol. The summed E-state index contributed by atoms with van der Waals surface area (Å²) in [4.78, 5) is 18.7. The molecule has 1 aliphatic heterocycles. The van der Waals surface area contributed by atoms with Gasteiger partial charge in [0, 0.05) is 18.3 Å². The lowest BCUT2D eigenvalue weighted by molar-refractivity contribution is 0.0681. The van der Waals surface area contributed by atoms with E-state index in [2.05, 4.69) is 4.98 Å². The minimum atomic E-state index is -0.402. The zero-order valence-corrected chi connectivity index (χ0v) is 12.9. The Morgan fingerprint density at radius 1 is 1.60 bits per heavy atom. The number of halogens is 1. The van der Waals surface area contributed by atoms with Gasteiger partial charge in [0.05, 0.1) is 11.7 Å². The molecule has 1 aromatic heterocycles. The summed E-state index contributed by atoms with van der Waals surface area (Å²) in [7, 11) is 0. The standard InChI is InChI=1S/C15H21ClN2O2/c1-9-7-10(2)17-14(16)13(9)15(20)18-6-4-5-12(18)8-11(3)19/h7,11-12,19H,4-6,8H2,1-3H3. The maximum atomic E-state index is 12.7. The molecule has 2 atom stereocenters. The molecule has 110 valence electrons. The first-order chi connectivity index (χ1) is 9.40. The van der Waals surface area contributed by atoms with E-state index < -0.39 is 6.10 Å². The molecule has 2 rings (SSSR count). The molecule has 1 amide bonds.